The number of alkyl carbamates (subject to hydrolysis) is 1. The number of allylic oxidation sites excluding steroid dienone is 2. The van der Waals surface area contributed by atoms with E-state index >= 15 is 0 Å². The molecule has 12 heteroatoms. The Morgan fingerprint density at radius 3 is 2.48 bits per heavy atom. The molecule has 1 heterocycles. The van der Waals surface area contributed by atoms with Gasteiger partial charge in [-0.2, -0.15) is 0 Å². The third kappa shape index (κ3) is 9.05. The maximum absolute atomic E-state index is 13.2. The highest BCUT2D eigenvalue weighted by atomic mass is 16.6. The fourth-order valence-electron chi connectivity index (χ4n) is 4.97. The molecule has 230 valence electrons. The molecule has 2 aliphatic rings. The summed E-state index contributed by atoms with van der Waals surface area (Å²) in [7, 11) is 2.87. The Morgan fingerprint density at radius 2 is 1.81 bits per heavy atom. The van der Waals surface area contributed by atoms with E-state index in [9.17, 15) is 19.2 Å². The maximum Gasteiger partial charge on any atom is 0.407 e. The van der Waals surface area contributed by atoms with Crippen LogP contribution in [0, 0.1) is 11.8 Å². The first-order valence-electron chi connectivity index (χ1n) is 14.1. The fourth-order valence-corrected chi connectivity index (χ4v) is 4.97. The summed E-state index contributed by atoms with van der Waals surface area (Å²) in [6.45, 7) is 2.46. The monoisotopic (exact) mass is 587 g/mol. The van der Waals surface area contributed by atoms with Crippen molar-refractivity contribution >= 4 is 23.9 Å². The second-order valence-corrected chi connectivity index (χ2v) is 10.1. The average Bonchev–Trinajstić information content (AvgIpc) is 3.01. The number of nitrogens with zero attached hydrogens (tertiary/aromatic N) is 1. The lowest BCUT2D eigenvalue weighted by Gasteiger charge is -2.29. The molecule has 2 unspecified atom stereocenters. The van der Waals surface area contributed by atoms with E-state index in [1.54, 1.807) is 43.3 Å². The molecule has 3 N–H and O–H groups in total. The van der Waals surface area contributed by atoms with E-state index in [1.165, 1.54) is 19.1 Å². The molecule has 1 aromatic carbocycles. The highest BCUT2D eigenvalue weighted by Crippen LogP contribution is 2.30. The lowest BCUT2D eigenvalue weighted by Crippen LogP contribution is -2.46. The van der Waals surface area contributed by atoms with Crippen LogP contribution in [-0.2, 0) is 28.5 Å². The van der Waals surface area contributed by atoms with Gasteiger partial charge >= 0.3 is 12.1 Å². The van der Waals surface area contributed by atoms with Crippen molar-refractivity contribution < 1.29 is 42.9 Å². The van der Waals surface area contributed by atoms with E-state index in [1.807, 2.05) is 6.08 Å². The molecule has 42 heavy (non-hydrogen) atoms. The number of primary amides is 1. The molecule has 1 saturated carbocycles. The van der Waals surface area contributed by atoms with Gasteiger partial charge in [-0.05, 0) is 56.7 Å². The van der Waals surface area contributed by atoms with Crippen LogP contribution in [0.5, 0.6) is 5.75 Å². The molecule has 1 aliphatic heterocycles. The van der Waals surface area contributed by atoms with Crippen LogP contribution in [0.3, 0.4) is 0 Å². The summed E-state index contributed by atoms with van der Waals surface area (Å²) < 4.78 is 26.9. The standard InChI is InChI=1S/C30H41N3O9/c1-4-40-29(36)21-14-12-20(13-15-21)18-41-26(27(31)34)25(39-3)19-42-30(37)32-17-22-9-7-8-16-33(22)28(35)23-10-5-6-11-24(23)38-2/h5-11,20-21,25-26H,4,12-19H2,1-3H3,(H2,31,34)(H,32,37). The number of ether oxygens (including phenoxy) is 5. The van der Waals surface area contributed by atoms with Crippen molar-refractivity contribution in [2.75, 3.05) is 47.1 Å². The zero-order valence-electron chi connectivity index (χ0n) is 24.4. The number of carbonyl (C=O) groups is 4. The minimum Gasteiger partial charge on any atom is -0.496 e. The van der Waals surface area contributed by atoms with Crippen LogP contribution in [0.15, 0.2) is 48.2 Å². The number of benzene rings is 1. The Balaban J connectivity index is 1.48. The largest absolute Gasteiger partial charge is 0.496 e. The number of nitrogens with one attached hydrogen (secondary N) is 1. The predicted molar refractivity (Wildman–Crippen MR) is 152 cm³/mol. The topological polar surface area (TPSA) is 156 Å². The second kappa shape index (κ2) is 16.5. The highest BCUT2D eigenvalue weighted by Gasteiger charge is 2.32. The van der Waals surface area contributed by atoms with Gasteiger partial charge in [0.15, 0.2) is 6.10 Å². The number of hydrogen-bond donors (Lipinski definition) is 2. The second-order valence-electron chi connectivity index (χ2n) is 10.1. The van der Waals surface area contributed by atoms with Gasteiger partial charge in [-0.25, -0.2) is 4.79 Å². The molecule has 0 aromatic heterocycles. The van der Waals surface area contributed by atoms with Gasteiger partial charge in [-0.3, -0.25) is 14.4 Å². The van der Waals surface area contributed by atoms with Crippen molar-refractivity contribution in [3.8, 4) is 5.75 Å². The van der Waals surface area contributed by atoms with Crippen LogP contribution in [0.4, 0.5) is 4.79 Å². The Kier molecular flexibility index (Phi) is 12.8. The van der Waals surface area contributed by atoms with Crippen molar-refractivity contribution in [3.63, 3.8) is 0 Å². The minimum atomic E-state index is -1.13. The Bertz CT molecular complexity index is 1140. The number of methoxy groups -OCH3 is 2. The van der Waals surface area contributed by atoms with E-state index in [2.05, 4.69) is 5.32 Å². The highest BCUT2D eigenvalue weighted by molar-refractivity contribution is 5.98. The average molecular weight is 588 g/mol. The van der Waals surface area contributed by atoms with Gasteiger partial charge < -0.3 is 39.6 Å². The number of nitrogens with two attached hydrogens (primary N) is 1. The Labute approximate surface area is 246 Å². The third-order valence-electron chi connectivity index (χ3n) is 7.33. The maximum atomic E-state index is 13.2. The lowest BCUT2D eigenvalue weighted by atomic mass is 9.82. The molecule has 0 saturated heterocycles. The molecule has 1 fully saturated rings. The van der Waals surface area contributed by atoms with Gasteiger partial charge in [0.1, 0.15) is 18.5 Å². The molecule has 1 aliphatic carbocycles. The SMILES string of the molecule is CCOC(=O)C1CCC(COC(C(N)=O)C(COC(=O)NCC2=CC=CCN2C(=O)c2ccccc2OC)OC)CC1. The van der Waals surface area contributed by atoms with Crippen molar-refractivity contribution in [2.24, 2.45) is 17.6 Å². The van der Waals surface area contributed by atoms with Gasteiger partial charge in [0.25, 0.3) is 5.91 Å². The summed E-state index contributed by atoms with van der Waals surface area (Å²) >= 11 is 0. The minimum absolute atomic E-state index is 0.0198. The Morgan fingerprint density at radius 1 is 1.07 bits per heavy atom. The van der Waals surface area contributed by atoms with E-state index in [4.69, 9.17) is 29.4 Å². The molecule has 12 nitrogen and oxygen atoms in total. The number of carbonyl (C=O) groups excluding carboxylic acids is 4. The van der Waals surface area contributed by atoms with Gasteiger partial charge in [0.2, 0.25) is 5.91 Å². The van der Waals surface area contributed by atoms with Crippen LogP contribution < -0.4 is 15.8 Å². The molecular formula is C30H41N3O9. The fraction of sp³-hybridized carbons (Fsp3) is 0.533. The van der Waals surface area contributed by atoms with Gasteiger partial charge in [0.05, 0.1) is 38.3 Å². The number of rotatable bonds is 14. The summed E-state index contributed by atoms with van der Waals surface area (Å²) in [6.07, 6.45) is 5.43. The zero-order valence-corrected chi connectivity index (χ0v) is 24.4. The molecule has 0 bridgehead atoms. The first-order valence-corrected chi connectivity index (χ1v) is 14.1. The van der Waals surface area contributed by atoms with Crippen molar-refractivity contribution in [2.45, 2.75) is 44.8 Å². The first kappa shape index (κ1) is 32.6. The van der Waals surface area contributed by atoms with Gasteiger partial charge in [-0.1, -0.05) is 24.3 Å². The summed E-state index contributed by atoms with van der Waals surface area (Å²) in [5, 5.41) is 2.63. The van der Waals surface area contributed by atoms with Crippen LogP contribution in [0.1, 0.15) is 43.0 Å². The van der Waals surface area contributed by atoms with E-state index < -0.39 is 24.2 Å². The summed E-state index contributed by atoms with van der Waals surface area (Å²) in [5.74, 6) is -0.694. The summed E-state index contributed by atoms with van der Waals surface area (Å²) in [4.78, 5) is 51.4. The van der Waals surface area contributed by atoms with Crippen LogP contribution in [0.25, 0.3) is 0 Å². The smallest absolute Gasteiger partial charge is 0.407 e. The number of amides is 3. The van der Waals surface area contributed by atoms with Crippen molar-refractivity contribution in [1.82, 2.24) is 10.2 Å². The number of esters is 1. The third-order valence-corrected chi connectivity index (χ3v) is 7.33. The van der Waals surface area contributed by atoms with Crippen molar-refractivity contribution in [1.29, 1.82) is 0 Å². The normalized spacial score (nSPS) is 19.7. The predicted octanol–water partition coefficient (Wildman–Crippen LogP) is 2.57. The molecule has 0 spiro atoms. The molecular weight excluding hydrogens is 546 g/mol. The van der Waals surface area contributed by atoms with E-state index in [-0.39, 0.29) is 43.5 Å². The lowest BCUT2D eigenvalue weighted by molar-refractivity contribution is -0.150. The van der Waals surface area contributed by atoms with Gasteiger partial charge in [0, 0.05) is 19.4 Å². The van der Waals surface area contributed by atoms with E-state index in [0.717, 1.165) is 12.8 Å². The van der Waals surface area contributed by atoms with E-state index in [0.29, 0.717) is 43.0 Å². The van der Waals surface area contributed by atoms with Gasteiger partial charge in [-0.15, -0.1) is 0 Å². The van der Waals surface area contributed by atoms with Crippen LogP contribution in [0.2, 0.25) is 0 Å². The van der Waals surface area contributed by atoms with Crippen LogP contribution in [-0.4, -0.2) is 88.1 Å². The number of hydrogen-bond acceptors (Lipinski definition) is 9. The first-order chi connectivity index (χ1) is 20.3. The zero-order chi connectivity index (χ0) is 30.5. The molecule has 1 aromatic rings. The molecule has 2 atom stereocenters. The van der Waals surface area contributed by atoms with Crippen LogP contribution >= 0.6 is 0 Å². The molecule has 3 rings (SSSR count). The summed E-state index contributed by atoms with van der Waals surface area (Å²) in [5.41, 5.74) is 6.54. The molecule has 3 amide bonds. The number of para-hydroxylation sites is 1. The Hall–Kier alpha value is -3.90. The molecule has 0 radical (unpaired) electrons. The van der Waals surface area contributed by atoms with Crippen molar-refractivity contribution in [3.05, 3.63) is 53.8 Å². The summed E-state index contributed by atoms with van der Waals surface area (Å²) in [6, 6.07) is 6.91. The quantitative estimate of drug-likeness (QED) is 0.312.